The van der Waals surface area contributed by atoms with E-state index in [0.29, 0.717) is 23.7 Å². The minimum atomic E-state index is -0.248. The van der Waals surface area contributed by atoms with Gasteiger partial charge in [-0.15, -0.1) is 11.3 Å². The van der Waals surface area contributed by atoms with E-state index >= 15 is 0 Å². The fourth-order valence-electron chi connectivity index (χ4n) is 4.06. The van der Waals surface area contributed by atoms with Crippen LogP contribution in [0.1, 0.15) is 43.7 Å². The van der Waals surface area contributed by atoms with Crippen LogP contribution in [0.4, 0.5) is 5.00 Å². The number of thiophene rings is 1. The third kappa shape index (κ3) is 5.20. The van der Waals surface area contributed by atoms with Gasteiger partial charge in [0.25, 0.3) is 0 Å². The maximum Gasteiger partial charge on any atom is 0.239 e. The molecule has 3 rings (SSSR count). The maximum absolute atomic E-state index is 12.6. The number of carbonyl (C=O) groups is 1. The average molecular weight is 427 g/mol. The van der Waals surface area contributed by atoms with Crippen LogP contribution in [0, 0.1) is 11.3 Å². The molecule has 0 saturated heterocycles. The number of likely N-dealkylation sites (N-methyl/N-ethyl adjacent to an activating group) is 1. The van der Waals surface area contributed by atoms with Gasteiger partial charge in [-0.25, -0.2) is 0 Å². The number of hydrogen-bond donors (Lipinski definition) is 2. The highest BCUT2D eigenvalue weighted by Crippen LogP contribution is 2.44. The summed E-state index contributed by atoms with van der Waals surface area (Å²) in [7, 11) is 1.88. The van der Waals surface area contributed by atoms with Crippen molar-refractivity contribution in [2.75, 3.05) is 32.1 Å². The second-order valence-electron chi connectivity index (χ2n) is 8.98. The van der Waals surface area contributed by atoms with Crippen LogP contribution in [0.2, 0.25) is 0 Å². The molecule has 0 aliphatic carbocycles. The van der Waals surface area contributed by atoms with Crippen molar-refractivity contribution >= 4 is 22.2 Å². The van der Waals surface area contributed by atoms with Crippen LogP contribution in [0.5, 0.6) is 5.75 Å². The third-order valence-electron chi connectivity index (χ3n) is 5.11. The minimum absolute atomic E-state index is 0.108. The number of amides is 1. The van der Waals surface area contributed by atoms with Crippen molar-refractivity contribution in [2.45, 2.75) is 45.2 Å². The summed E-state index contributed by atoms with van der Waals surface area (Å²) in [5, 5.41) is 17.0. The number of rotatable bonds is 7. The molecule has 2 N–H and O–H groups in total. The van der Waals surface area contributed by atoms with E-state index in [1.54, 1.807) is 0 Å². The van der Waals surface area contributed by atoms with Crippen LogP contribution in [-0.4, -0.2) is 43.1 Å². The van der Waals surface area contributed by atoms with Crippen LogP contribution in [-0.2, 0) is 16.8 Å². The number of nitrogens with one attached hydrogen (secondary N) is 2. The Bertz CT molecular complexity index is 944. The van der Waals surface area contributed by atoms with E-state index in [1.807, 2.05) is 42.3 Å². The molecule has 0 radical (unpaired) electrons. The van der Waals surface area contributed by atoms with Crippen molar-refractivity contribution in [1.82, 2.24) is 10.2 Å². The van der Waals surface area contributed by atoms with E-state index < -0.39 is 0 Å². The predicted molar refractivity (Wildman–Crippen MR) is 121 cm³/mol. The molecule has 0 bridgehead atoms. The van der Waals surface area contributed by atoms with Crippen molar-refractivity contribution in [2.24, 2.45) is 0 Å². The van der Waals surface area contributed by atoms with E-state index in [-0.39, 0.29) is 23.5 Å². The molecule has 1 aromatic heterocycles. The molecule has 1 aliphatic rings. The molecule has 6 nitrogen and oxygen atoms in total. The first-order valence-electron chi connectivity index (χ1n) is 10.1. The summed E-state index contributed by atoms with van der Waals surface area (Å²) in [5.74, 6) is 0.690. The normalized spacial score (nSPS) is 16.6. The Hall–Kier alpha value is -2.40. The molecule has 0 atom stereocenters. The number of nitrogens with zero attached hydrogens (tertiary/aromatic N) is 2. The molecule has 160 valence electrons. The number of fused-ring (bicyclic) bond motifs is 1. The van der Waals surface area contributed by atoms with E-state index in [1.165, 1.54) is 11.3 Å². The van der Waals surface area contributed by atoms with Gasteiger partial charge in [-0.1, -0.05) is 18.2 Å². The number of hydrogen-bond acceptors (Lipinski definition) is 6. The summed E-state index contributed by atoms with van der Waals surface area (Å²) in [6.07, 6.45) is 0.762. The fraction of sp³-hybridized carbons (Fsp3) is 0.478. The lowest BCUT2D eigenvalue weighted by atomic mass is 9.81. The molecule has 2 heterocycles. The number of nitriles is 1. The van der Waals surface area contributed by atoms with E-state index in [4.69, 9.17) is 4.74 Å². The minimum Gasteiger partial charge on any atom is -0.492 e. The molecular weight excluding hydrogens is 396 g/mol. The number of para-hydroxylation sites is 1. The lowest BCUT2D eigenvalue weighted by Gasteiger charge is -2.42. The number of benzene rings is 1. The third-order valence-corrected chi connectivity index (χ3v) is 6.58. The summed E-state index contributed by atoms with van der Waals surface area (Å²) >= 11 is 1.50. The molecule has 7 heteroatoms. The lowest BCUT2D eigenvalue weighted by molar-refractivity contribution is -0.117. The Labute approximate surface area is 182 Å². The first-order valence-corrected chi connectivity index (χ1v) is 10.9. The van der Waals surface area contributed by atoms with Crippen LogP contribution in [0.25, 0.3) is 0 Å². The highest BCUT2D eigenvalue weighted by atomic mass is 32.1. The lowest BCUT2D eigenvalue weighted by Crippen LogP contribution is -2.54. The highest BCUT2D eigenvalue weighted by Gasteiger charge is 2.40. The van der Waals surface area contributed by atoms with Crippen molar-refractivity contribution in [1.29, 1.82) is 5.26 Å². The zero-order valence-electron chi connectivity index (χ0n) is 18.3. The van der Waals surface area contributed by atoms with Crippen molar-refractivity contribution in [3.8, 4) is 11.8 Å². The van der Waals surface area contributed by atoms with Crippen LogP contribution in [0.15, 0.2) is 30.3 Å². The van der Waals surface area contributed by atoms with Gasteiger partial charge in [-0.2, -0.15) is 5.26 Å². The Kier molecular flexibility index (Phi) is 6.51. The van der Waals surface area contributed by atoms with Gasteiger partial charge in [-0.05, 0) is 58.9 Å². The molecule has 0 unspecified atom stereocenters. The summed E-state index contributed by atoms with van der Waals surface area (Å²) in [4.78, 5) is 15.6. The summed E-state index contributed by atoms with van der Waals surface area (Å²) in [6, 6.07) is 11.9. The van der Waals surface area contributed by atoms with Crippen molar-refractivity contribution in [3.63, 3.8) is 0 Å². The Morgan fingerprint density at radius 1 is 1.30 bits per heavy atom. The van der Waals surface area contributed by atoms with Gasteiger partial charge in [0.05, 0.1) is 12.1 Å². The molecule has 0 fully saturated rings. The zero-order valence-corrected chi connectivity index (χ0v) is 19.2. The topological polar surface area (TPSA) is 77.4 Å². The largest absolute Gasteiger partial charge is 0.492 e. The quantitative estimate of drug-likeness (QED) is 0.705. The summed E-state index contributed by atoms with van der Waals surface area (Å²) in [5.41, 5.74) is 1.29. The number of ether oxygens (including phenoxy) is 1. The highest BCUT2D eigenvalue weighted by molar-refractivity contribution is 7.17. The second kappa shape index (κ2) is 8.76. The Morgan fingerprint density at radius 2 is 2.00 bits per heavy atom. The Balaban J connectivity index is 1.62. The second-order valence-corrected chi connectivity index (χ2v) is 10.0. The van der Waals surface area contributed by atoms with Gasteiger partial charge in [0.15, 0.2) is 0 Å². The van der Waals surface area contributed by atoms with Crippen LogP contribution < -0.4 is 15.4 Å². The molecule has 1 aliphatic heterocycles. The van der Waals surface area contributed by atoms with Crippen LogP contribution in [0.3, 0.4) is 0 Å². The van der Waals surface area contributed by atoms with Crippen molar-refractivity contribution < 1.29 is 9.53 Å². The van der Waals surface area contributed by atoms with Gasteiger partial charge in [0.1, 0.15) is 23.4 Å². The molecular formula is C23H30N4O2S. The van der Waals surface area contributed by atoms with Gasteiger partial charge >= 0.3 is 0 Å². The molecule has 0 spiro atoms. The number of carbonyl (C=O) groups excluding carboxylic acids is 1. The molecule has 1 aromatic carbocycles. The molecule has 2 aromatic rings. The number of anilines is 1. The van der Waals surface area contributed by atoms with Gasteiger partial charge < -0.3 is 15.4 Å². The summed E-state index contributed by atoms with van der Waals surface area (Å²) < 4.78 is 5.69. The Morgan fingerprint density at radius 3 is 2.67 bits per heavy atom. The average Bonchev–Trinajstić information content (AvgIpc) is 2.98. The van der Waals surface area contributed by atoms with Gasteiger partial charge in [0.2, 0.25) is 5.91 Å². The van der Waals surface area contributed by atoms with Crippen molar-refractivity contribution in [3.05, 3.63) is 46.3 Å². The van der Waals surface area contributed by atoms with Gasteiger partial charge in [0, 0.05) is 22.5 Å². The smallest absolute Gasteiger partial charge is 0.239 e. The monoisotopic (exact) mass is 426 g/mol. The first kappa shape index (κ1) is 22.3. The molecule has 1 amide bonds. The van der Waals surface area contributed by atoms with Crippen LogP contribution >= 0.6 is 11.3 Å². The fourth-order valence-corrected chi connectivity index (χ4v) is 5.30. The van der Waals surface area contributed by atoms with E-state index in [0.717, 1.165) is 22.6 Å². The zero-order chi connectivity index (χ0) is 21.9. The SMILES string of the molecule is CN(CCOc1ccccc1)CC(=O)Nc1sc2c(c1C#N)CC(C)(C)NC2(C)C. The molecule has 0 saturated carbocycles. The van der Waals surface area contributed by atoms with Gasteiger partial charge in [-0.3, -0.25) is 9.69 Å². The van der Waals surface area contributed by atoms with E-state index in [2.05, 4.69) is 44.4 Å². The standard InChI is InChI=1S/C23H30N4O2S/c1-22(2)13-17-18(14-24)21(30-20(17)23(3,4)26-22)25-19(28)15-27(5)11-12-29-16-9-7-6-8-10-16/h6-10,26H,11-13,15H2,1-5H3,(H,25,28). The first-order chi connectivity index (χ1) is 14.1. The predicted octanol–water partition coefficient (Wildman–Crippen LogP) is 3.73. The van der Waals surface area contributed by atoms with E-state index in [9.17, 15) is 10.1 Å². The maximum atomic E-state index is 12.6. The summed E-state index contributed by atoms with van der Waals surface area (Å²) in [6.45, 7) is 9.88. The molecule has 30 heavy (non-hydrogen) atoms.